The topological polar surface area (TPSA) is 335 Å². The van der Waals surface area contributed by atoms with E-state index in [1.165, 1.54) is 38.5 Å². The fraction of sp³-hybridized carbons (Fsp3) is 0.804. The van der Waals surface area contributed by atoms with Crippen LogP contribution in [0.1, 0.15) is 148 Å². The molecule has 0 saturated heterocycles. The quantitative estimate of drug-likeness (QED) is 0.0246. The summed E-state index contributed by atoms with van der Waals surface area (Å²) in [6.45, 7) is 1.85. The number of aliphatic carboxylic acids is 2. The Bertz CT molecular complexity index is 1360. The van der Waals surface area contributed by atoms with Crippen molar-refractivity contribution in [2.24, 2.45) is 0 Å². The van der Waals surface area contributed by atoms with Gasteiger partial charge in [0, 0.05) is 91.5 Å². The average molecular weight is 1210 g/mol. The van der Waals surface area contributed by atoms with Gasteiger partial charge in [-0.3, -0.25) is 39.8 Å². The largest absolute Gasteiger partial charge is 0.698 e. The maximum absolute atomic E-state index is 12.3. The number of carbonyl (C=O) groups is 8. The van der Waals surface area contributed by atoms with Crippen LogP contribution in [0.2, 0.25) is 0 Å². The van der Waals surface area contributed by atoms with Gasteiger partial charge in [0.1, 0.15) is 19.3 Å². The summed E-state index contributed by atoms with van der Waals surface area (Å²) < 4.78 is 21.3. The maximum atomic E-state index is 12.3. The minimum absolute atomic E-state index is 0. The molecule has 0 fully saturated rings. The molecule has 0 bridgehead atoms. The normalized spacial score (nSPS) is 11.2. The first-order chi connectivity index (χ1) is 32.9. The van der Waals surface area contributed by atoms with E-state index in [1.807, 2.05) is 0 Å². The van der Waals surface area contributed by atoms with E-state index in [-0.39, 0.29) is 174 Å². The fourth-order valence-corrected chi connectivity index (χ4v) is 6.29. The first kappa shape index (κ1) is 73.0. The molecule has 0 aliphatic heterocycles. The monoisotopic (exact) mass is 1210 g/mol. The number of unbranched alkanes of at least 4 members (excludes halogenated alkanes) is 14. The Morgan fingerprint density at radius 1 is 0.486 bits per heavy atom. The van der Waals surface area contributed by atoms with Crippen LogP contribution in [-0.2, 0) is 102 Å². The van der Waals surface area contributed by atoms with Gasteiger partial charge in [0.05, 0.1) is 39.6 Å². The van der Waals surface area contributed by atoms with E-state index in [9.17, 15) is 43.5 Å². The van der Waals surface area contributed by atoms with Crippen LogP contribution in [0.5, 0.6) is 0 Å². The van der Waals surface area contributed by atoms with Crippen molar-refractivity contribution in [2.45, 2.75) is 160 Å². The van der Waals surface area contributed by atoms with Crippen molar-refractivity contribution in [3.63, 3.8) is 0 Å². The van der Waals surface area contributed by atoms with Crippen LogP contribution in [0.15, 0.2) is 0 Å². The molecule has 9 N–H and O–H groups in total. The summed E-state index contributed by atoms with van der Waals surface area (Å²) in [5.74, 6) is -3.38. The van der Waals surface area contributed by atoms with Gasteiger partial charge in [-0.25, -0.2) is 10.8 Å². The Hall–Kier alpha value is -3.50. The number of amides is 5. The zero-order valence-corrected chi connectivity index (χ0v) is 45.3. The van der Waals surface area contributed by atoms with Crippen LogP contribution in [0, 0.1) is 0 Å². The molecule has 2 atom stereocenters. The number of ether oxygens (including phenoxy) is 4. The summed E-state index contributed by atoms with van der Waals surface area (Å²) in [5, 5.41) is 38.3. The first-order valence-corrected chi connectivity index (χ1v) is 24.1. The third kappa shape index (κ3) is 57.1. The summed E-state index contributed by atoms with van der Waals surface area (Å²) in [7, 11) is 0. The number of carbonyl (C=O) groups excluding carboxylic acids is 6. The Kier molecular flexibility index (Phi) is 58.9. The molecule has 1 radical (unpaired) electrons. The van der Waals surface area contributed by atoms with E-state index < -0.39 is 24.0 Å². The van der Waals surface area contributed by atoms with Crippen LogP contribution in [0.4, 0.5) is 0 Å². The molecule has 5 amide bonds. The minimum Gasteiger partial charge on any atom is -0.698 e. The van der Waals surface area contributed by atoms with Gasteiger partial charge in [-0.15, -0.1) is 0 Å². The average Bonchev–Trinajstić information content (AvgIpc) is 3.30. The van der Waals surface area contributed by atoms with E-state index in [2.05, 4.69) is 26.6 Å². The third-order valence-corrected chi connectivity index (χ3v) is 9.97. The summed E-state index contributed by atoms with van der Waals surface area (Å²) in [5.41, 5.74) is 7.29. The molecule has 22 nitrogen and oxygen atoms in total. The van der Waals surface area contributed by atoms with Crippen LogP contribution >= 0.6 is 0 Å². The zero-order chi connectivity index (χ0) is 50.7. The van der Waals surface area contributed by atoms with Crippen molar-refractivity contribution in [3.05, 3.63) is 5.73 Å². The fourth-order valence-electron chi connectivity index (χ4n) is 6.29. The van der Waals surface area contributed by atoms with Crippen LogP contribution in [0.25, 0.3) is 5.73 Å². The molecule has 70 heavy (non-hydrogen) atoms. The van der Waals surface area contributed by atoms with Crippen molar-refractivity contribution in [2.75, 3.05) is 79.0 Å². The summed E-state index contributed by atoms with van der Waals surface area (Å²) in [6.07, 6.45) is 19.5. The predicted octanol–water partition coefficient (Wildman–Crippen LogP) is 3.37. The van der Waals surface area contributed by atoms with E-state index in [4.69, 9.17) is 39.7 Å². The van der Waals surface area contributed by atoms with Crippen molar-refractivity contribution in [1.29, 1.82) is 0 Å². The number of carboxylic acids is 2. The van der Waals surface area contributed by atoms with E-state index >= 15 is 0 Å². The second-order valence-electron chi connectivity index (χ2n) is 15.9. The van der Waals surface area contributed by atoms with Crippen LogP contribution < -0.4 is 26.6 Å². The number of nitrogens with one attached hydrogen (secondary N) is 6. The van der Waals surface area contributed by atoms with Crippen molar-refractivity contribution >= 4 is 54.2 Å². The smallest absolute Gasteiger partial charge is 0.326 e. The third-order valence-electron chi connectivity index (χ3n) is 9.97. The number of carboxylic acid groups (broad SMARTS) is 3. The number of hydrogen-bond acceptors (Lipinski definition) is 13. The van der Waals surface area contributed by atoms with E-state index in [0.717, 1.165) is 44.9 Å². The number of hydrogen-bond donors (Lipinski definition) is 8. The Labute approximate surface area is 440 Å². The molecule has 0 heterocycles. The van der Waals surface area contributed by atoms with Gasteiger partial charge >= 0.3 is 11.9 Å². The molecule has 0 aromatic heterocycles. The zero-order valence-electron chi connectivity index (χ0n) is 41.0. The summed E-state index contributed by atoms with van der Waals surface area (Å²) in [4.78, 5) is 101. The van der Waals surface area contributed by atoms with Crippen molar-refractivity contribution < 1.29 is 117 Å². The Morgan fingerprint density at radius 3 is 1.34 bits per heavy atom. The van der Waals surface area contributed by atoms with Gasteiger partial charge in [0.2, 0.25) is 29.5 Å². The van der Waals surface area contributed by atoms with Crippen molar-refractivity contribution in [3.8, 4) is 0 Å². The molecule has 405 valence electrons. The molecule has 0 aromatic carbocycles. The molecule has 0 saturated carbocycles. The SMILES string of the molecule is O=CO.[NH-][C@H]([C-]=O)CCCCNC(=O)CCCNC(=O)COCCOCCNC(=O)COCCOCCNC(=O)CC[C@H](NC(=O)CCCCCCCCCCCCCCCCC(=O)O)C(=O)O.[V].[W]. The number of rotatable bonds is 48. The maximum Gasteiger partial charge on any atom is 0.326 e. The Balaban J connectivity index is -0.00000423. The van der Waals surface area contributed by atoms with E-state index in [1.54, 1.807) is 6.29 Å². The molecular weight excluding hydrogens is 1130 g/mol. The summed E-state index contributed by atoms with van der Waals surface area (Å²) in [6, 6.07) is -1.98. The standard InChI is InChI=1S/C45H80N6O14.CH2O2.V.W/c46-37(34-52)18-15-16-24-47-39(53)20-17-25-48-42(56)35-64-32-31-63-29-27-50-43(57)36-65-33-30-62-28-26-49-40(54)23-22-38(45(60)61)51-41(55)19-13-11-9-7-5-3-1-2-4-6-8-10-12-14-21-44(58)59;2-1-3;;/h37-38,46H,1-33,35-36H2,(H,47,53)(H,48,56)(H,49,54)(H,50,57)(H,51,55)(H,58,59)(H,60,61);1H,(H,2,3);;/q-2;;;/t37-,38-;;;/m0.../s1. The van der Waals surface area contributed by atoms with Crippen molar-refractivity contribution in [1.82, 2.24) is 26.6 Å². The molecule has 0 unspecified atom stereocenters. The minimum atomic E-state index is -1.19. The van der Waals surface area contributed by atoms with Crippen LogP contribution in [0.3, 0.4) is 0 Å². The van der Waals surface area contributed by atoms with Gasteiger partial charge in [0.15, 0.2) is 0 Å². The van der Waals surface area contributed by atoms with Gasteiger partial charge in [-0.1, -0.05) is 89.9 Å². The molecule has 0 aliphatic carbocycles. The molecule has 0 spiro atoms. The van der Waals surface area contributed by atoms with E-state index in [0.29, 0.717) is 45.2 Å². The van der Waals surface area contributed by atoms with Gasteiger partial charge < -0.3 is 71.4 Å². The molecule has 24 heteroatoms. The van der Waals surface area contributed by atoms with Gasteiger partial charge in [-0.2, -0.15) is 0 Å². The second kappa shape index (κ2) is 56.4. The Morgan fingerprint density at radius 2 is 0.871 bits per heavy atom. The predicted molar refractivity (Wildman–Crippen MR) is 251 cm³/mol. The second-order valence-corrected chi connectivity index (χ2v) is 15.9. The molecule has 0 aliphatic rings. The molecular formula is C46H82N6O16VW-2. The first-order valence-electron chi connectivity index (χ1n) is 24.1. The molecule has 0 rings (SSSR count). The van der Waals surface area contributed by atoms with Gasteiger partial charge in [-0.05, 0) is 32.1 Å². The van der Waals surface area contributed by atoms with Crippen LogP contribution in [-0.4, -0.2) is 161 Å². The van der Waals surface area contributed by atoms with Gasteiger partial charge in [0.25, 0.3) is 6.47 Å². The molecule has 0 aromatic rings. The summed E-state index contributed by atoms with van der Waals surface area (Å²) >= 11 is 0.